The molecule has 1 N–H and O–H groups in total. The van der Waals surface area contributed by atoms with Crippen LogP contribution in [0.15, 0.2) is 24.3 Å². The number of hydrogen-bond acceptors (Lipinski definition) is 3. The van der Waals surface area contributed by atoms with E-state index in [4.69, 9.17) is 14.6 Å². The summed E-state index contributed by atoms with van der Waals surface area (Å²) in [5, 5.41) is 8.60. The van der Waals surface area contributed by atoms with Gasteiger partial charge in [0.05, 0.1) is 19.8 Å². The zero-order valence-electron chi connectivity index (χ0n) is 11.5. The van der Waals surface area contributed by atoms with Crippen LogP contribution in [0.1, 0.15) is 24.5 Å². The first-order valence-corrected chi connectivity index (χ1v) is 6.48. The molecule has 0 bridgehead atoms. The molecule has 20 heavy (non-hydrogen) atoms. The van der Waals surface area contributed by atoms with Crippen LogP contribution in [0.2, 0.25) is 0 Å². The Morgan fingerprint density at radius 2 is 2.05 bits per heavy atom. The van der Waals surface area contributed by atoms with Gasteiger partial charge in [0.15, 0.2) is 0 Å². The van der Waals surface area contributed by atoms with Gasteiger partial charge in [-0.1, -0.05) is 13.0 Å². The predicted octanol–water partition coefficient (Wildman–Crippen LogP) is 2.87. The van der Waals surface area contributed by atoms with Crippen molar-refractivity contribution in [3.8, 4) is 0 Å². The molecular weight excluding hydrogens is 263 g/mol. The third-order valence-corrected chi connectivity index (χ3v) is 2.49. The molecule has 4 nitrogen and oxygen atoms in total. The number of aliphatic carboxylic acids is 1. The largest absolute Gasteiger partial charge is 0.478 e. The van der Waals surface area contributed by atoms with Crippen LogP contribution in [0.25, 0.3) is 6.08 Å². The summed E-state index contributed by atoms with van der Waals surface area (Å²) in [5.41, 5.74) is 1.24. The molecule has 0 heterocycles. The van der Waals surface area contributed by atoms with Gasteiger partial charge in [0.1, 0.15) is 5.82 Å². The van der Waals surface area contributed by atoms with E-state index in [1.165, 1.54) is 18.2 Å². The molecule has 110 valence electrons. The van der Waals surface area contributed by atoms with Gasteiger partial charge in [0.25, 0.3) is 0 Å². The zero-order chi connectivity index (χ0) is 14.8. The third kappa shape index (κ3) is 6.45. The quantitative estimate of drug-likeness (QED) is 0.559. The van der Waals surface area contributed by atoms with Gasteiger partial charge in [-0.05, 0) is 35.8 Å². The summed E-state index contributed by atoms with van der Waals surface area (Å²) in [7, 11) is 0. The molecule has 5 heteroatoms. The number of carboxylic acid groups (broad SMARTS) is 1. The molecule has 0 radical (unpaired) electrons. The molecule has 1 aromatic rings. The molecule has 0 aliphatic carbocycles. The van der Waals surface area contributed by atoms with Crippen LogP contribution < -0.4 is 0 Å². The predicted molar refractivity (Wildman–Crippen MR) is 73.8 cm³/mol. The molecule has 0 atom stereocenters. The molecule has 0 amide bonds. The van der Waals surface area contributed by atoms with Gasteiger partial charge >= 0.3 is 5.97 Å². The highest BCUT2D eigenvalue weighted by Crippen LogP contribution is 2.14. The molecule has 0 aromatic heterocycles. The lowest BCUT2D eigenvalue weighted by Gasteiger charge is -2.08. The van der Waals surface area contributed by atoms with Crippen molar-refractivity contribution in [1.29, 1.82) is 0 Å². The Balaban J connectivity index is 2.53. The number of carboxylic acids is 1. The maximum absolute atomic E-state index is 13.2. The van der Waals surface area contributed by atoms with Crippen LogP contribution in [0.3, 0.4) is 0 Å². The first kappa shape index (κ1) is 16.3. The van der Waals surface area contributed by atoms with E-state index >= 15 is 0 Å². The van der Waals surface area contributed by atoms with E-state index in [1.54, 1.807) is 6.07 Å². The summed E-state index contributed by atoms with van der Waals surface area (Å²) in [6, 6.07) is 4.19. The average molecular weight is 282 g/mol. The van der Waals surface area contributed by atoms with Crippen molar-refractivity contribution >= 4 is 12.0 Å². The fourth-order valence-corrected chi connectivity index (χ4v) is 1.56. The van der Waals surface area contributed by atoms with E-state index in [0.29, 0.717) is 25.4 Å². The van der Waals surface area contributed by atoms with Crippen LogP contribution in [0.5, 0.6) is 0 Å². The van der Waals surface area contributed by atoms with Crippen LogP contribution in [-0.2, 0) is 20.9 Å². The standard InChI is InChI=1S/C15H19FO4/c1-2-7-19-8-9-20-11-13-3-5-14(16)10-12(13)4-6-15(17)18/h3-6,10H,2,7-9,11H2,1H3,(H,17,18). The highest BCUT2D eigenvalue weighted by Gasteiger charge is 2.03. The van der Waals surface area contributed by atoms with Crippen molar-refractivity contribution in [1.82, 2.24) is 0 Å². The Labute approximate surface area is 117 Å². The lowest BCUT2D eigenvalue weighted by molar-refractivity contribution is -0.131. The molecule has 0 aliphatic rings. The minimum Gasteiger partial charge on any atom is -0.478 e. The van der Waals surface area contributed by atoms with Crippen molar-refractivity contribution in [3.05, 3.63) is 41.2 Å². The summed E-state index contributed by atoms with van der Waals surface area (Å²) in [6.07, 6.45) is 3.29. The SMILES string of the molecule is CCCOCCOCc1ccc(F)cc1C=CC(=O)O. The minimum atomic E-state index is -1.07. The first-order valence-electron chi connectivity index (χ1n) is 6.48. The first-order chi connectivity index (χ1) is 9.63. The van der Waals surface area contributed by atoms with Crippen molar-refractivity contribution in [2.45, 2.75) is 20.0 Å². The lowest BCUT2D eigenvalue weighted by atomic mass is 10.1. The van der Waals surface area contributed by atoms with E-state index in [2.05, 4.69) is 0 Å². The third-order valence-electron chi connectivity index (χ3n) is 2.49. The summed E-state index contributed by atoms with van der Waals surface area (Å²) in [4.78, 5) is 10.5. The second kappa shape index (κ2) is 9.23. The van der Waals surface area contributed by atoms with Crippen molar-refractivity contribution in [2.24, 2.45) is 0 Å². The molecule has 0 fully saturated rings. The summed E-state index contributed by atoms with van der Waals surface area (Å²) in [5.74, 6) is -1.49. The maximum atomic E-state index is 13.2. The fraction of sp³-hybridized carbons (Fsp3) is 0.400. The Hall–Kier alpha value is -1.72. The number of ether oxygens (including phenoxy) is 2. The van der Waals surface area contributed by atoms with Gasteiger partial charge in [0.2, 0.25) is 0 Å². The number of hydrogen-bond donors (Lipinski definition) is 1. The zero-order valence-corrected chi connectivity index (χ0v) is 11.5. The summed E-state index contributed by atoms with van der Waals surface area (Å²) in [6.45, 7) is 3.97. The number of halogens is 1. The Morgan fingerprint density at radius 1 is 1.30 bits per heavy atom. The van der Waals surface area contributed by atoms with Crippen molar-refractivity contribution in [2.75, 3.05) is 19.8 Å². The second-order valence-electron chi connectivity index (χ2n) is 4.18. The topological polar surface area (TPSA) is 55.8 Å². The second-order valence-corrected chi connectivity index (χ2v) is 4.18. The molecule has 0 unspecified atom stereocenters. The molecular formula is C15H19FO4. The molecule has 0 saturated carbocycles. The Kier molecular flexibility index (Phi) is 7.54. The van der Waals surface area contributed by atoms with E-state index in [-0.39, 0.29) is 6.61 Å². The smallest absolute Gasteiger partial charge is 0.328 e. The van der Waals surface area contributed by atoms with Crippen LogP contribution in [-0.4, -0.2) is 30.9 Å². The highest BCUT2D eigenvalue weighted by molar-refractivity contribution is 5.85. The molecule has 0 saturated heterocycles. The normalized spacial score (nSPS) is 11.1. The van der Waals surface area contributed by atoms with Gasteiger partial charge in [-0.3, -0.25) is 0 Å². The van der Waals surface area contributed by atoms with E-state index in [1.807, 2.05) is 6.92 Å². The van der Waals surface area contributed by atoms with E-state index < -0.39 is 11.8 Å². The van der Waals surface area contributed by atoms with Gasteiger partial charge in [-0.2, -0.15) is 0 Å². The Bertz CT molecular complexity index is 457. The maximum Gasteiger partial charge on any atom is 0.328 e. The van der Waals surface area contributed by atoms with Gasteiger partial charge in [0, 0.05) is 12.7 Å². The molecule has 1 aromatic carbocycles. The number of benzene rings is 1. The van der Waals surface area contributed by atoms with Crippen LogP contribution in [0.4, 0.5) is 4.39 Å². The molecule has 1 rings (SSSR count). The number of carbonyl (C=O) groups is 1. The monoisotopic (exact) mass is 282 g/mol. The van der Waals surface area contributed by atoms with Gasteiger partial charge in [-0.15, -0.1) is 0 Å². The average Bonchev–Trinajstić information content (AvgIpc) is 2.42. The van der Waals surface area contributed by atoms with Gasteiger partial charge < -0.3 is 14.6 Å². The van der Waals surface area contributed by atoms with Crippen molar-refractivity contribution in [3.63, 3.8) is 0 Å². The lowest BCUT2D eigenvalue weighted by Crippen LogP contribution is -2.05. The highest BCUT2D eigenvalue weighted by atomic mass is 19.1. The van der Waals surface area contributed by atoms with Crippen LogP contribution >= 0.6 is 0 Å². The summed E-state index contributed by atoms with van der Waals surface area (Å²) >= 11 is 0. The molecule has 0 spiro atoms. The van der Waals surface area contributed by atoms with Crippen LogP contribution in [0, 0.1) is 5.82 Å². The molecule has 0 aliphatic heterocycles. The summed E-state index contributed by atoms with van der Waals surface area (Å²) < 4.78 is 23.9. The Morgan fingerprint density at radius 3 is 2.75 bits per heavy atom. The van der Waals surface area contributed by atoms with Crippen molar-refractivity contribution < 1.29 is 23.8 Å². The number of rotatable bonds is 9. The van der Waals surface area contributed by atoms with Gasteiger partial charge in [-0.25, -0.2) is 9.18 Å². The minimum absolute atomic E-state index is 0.287. The van der Waals surface area contributed by atoms with E-state index in [0.717, 1.165) is 18.1 Å². The van der Waals surface area contributed by atoms with E-state index in [9.17, 15) is 9.18 Å². The fourth-order valence-electron chi connectivity index (χ4n) is 1.56.